The van der Waals surface area contributed by atoms with Gasteiger partial charge >= 0.3 is 0 Å². The molecule has 1 aromatic carbocycles. The van der Waals surface area contributed by atoms with Gasteiger partial charge in [0.15, 0.2) is 0 Å². The van der Waals surface area contributed by atoms with Crippen LogP contribution in [0.5, 0.6) is 5.75 Å². The summed E-state index contributed by atoms with van der Waals surface area (Å²) in [5.41, 5.74) is 2.77. The van der Waals surface area contributed by atoms with E-state index < -0.39 is 0 Å². The number of rotatable bonds is 3. The highest BCUT2D eigenvalue weighted by molar-refractivity contribution is 5.39. The molecule has 82 valence electrons. The lowest BCUT2D eigenvalue weighted by molar-refractivity contribution is 0.357. The van der Waals surface area contributed by atoms with Gasteiger partial charge in [0.25, 0.3) is 0 Å². The van der Waals surface area contributed by atoms with Gasteiger partial charge in [-0.3, -0.25) is 0 Å². The Morgan fingerprint density at radius 1 is 1.19 bits per heavy atom. The van der Waals surface area contributed by atoms with Crippen LogP contribution in [0.2, 0.25) is 0 Å². The monoisotopic (exact) mass is 213 g/mol. The van der Waals surface area contributed by atoms with Crippen LogP contribution in [0, 0.1) is 0 Å². The lowest BCUT2D eigenvalue weighted by Crippen LogP contribution is -1.98. The largest absolute Gasteiger partial charge is 0.493 e. The first kappa shape index (κ1) is 9.52. The maximum atomic E-state index is 5.50. The summed E-state index contributed by atoms with van der Waals surface area (Å²) >= 11 is 0. The first-order chi connectivity index (χ1) is 7.92. The highest BCUT2D eigenvalue weighted by Gasteiger charge is 2.11. The summed E-state index contributed by atoms with van der Waals surface area (Å²) < 4.78 is 7.71. The van der Waals surface area contributed by atoms with Crippen LogP contribution in [0.4, 0.5) is 0 Å². The van der Waals surface area contributed by atoms with Crippen LogP contribution in [-0.2, 0) is 19.4 Å². The molecule has 2 nitrogen and oxygen atoms in total. The van der Waals surface area contributed by atoms with Crippen LogP contribution in [0.3, 0.4) is 0 Å². The molecule has 0 aliphatic carbocycles. The molecule has 2 heteroatoms. The maximum absolute atomic E-state index is 5.50. The quantitative estimate of drug-likeness (QED) is 0.764. The van der Waals surface area contributed by atoms with Crippen molar-refractivity contribution in [2.75, 3.05) is 6.61 Å². The van der Waals surface area contributed by atoms with Crippen molar-refractivity contribution in [3.8, 4) is 5.75 Å². The van der Waals surface area contributed by atoms with Crippen LogP contribution in [0.25, 0.3) is 0 Å². The van der Waals surface area contributed by atoms with Gasteiger partial charge in [-0.2, -0.15) is 0 Å². The molecule has 3 rings (SSSR count). The van der Waals surface area contributed by atoms with Crippen LogP contribution >= 0.6 is 0 Å². The van der Waals surface area contributed by atoms with E-state index in [1.807, 2.05) is 0 Å². The Bertz CT molecular complexity index is 473. The molecule has 2 heterocycles. The molecule has 0 atom stereocenters. The van der Waals surface area contributed by atoms with Crippen LogP contribution < -0.4 is 4.74 Å². The van der Waals surface area contributed by atoms with E-state index in [9.17, 15) is 0 Å². The molecule has 0 unspecified atom stereocenters. The van der Waals surface area contributed by atoms with E-state index in [1.54, 1.807) is 0 Å². The molecule has 0 saturated heterocycles. The van der Waals surface area contributed by atoms with E-state index in [1.165, 1.54) is 11.1 Å². The zero-order valence-electron chi connectivity index (χ0n) is 9.23. The summed E-state index contributed by atoms with van der Waals surface area (Å²) in [7, 11) is 0. The maximum Gasteiger partial charge on any atom is 0.122 e. The lowest BCUT2D eigenvalue weighted by atomic mass is 10.1. The Morgan fingerprint density at radius 2 is 2.06 bits per heavy atom. The molecule has 0 saturated carbocycles. The van der Waals surface area contributed by atoms with Gasteiger partial charge in [0.05, 0.1) is 6.61 Å². The fourth-order valence-electron chi connectivity index (χ4n) is 2.17. The summed E-state index contributed by atoms with van der Waals surface area (Å²) in [6.07, 6.45) is 6.36. The second-order valence-electron chi connectivity index (χ2n) is 4.21. The van der Waals surface area contributed by atoms with Gasteiger partial charge in [0, 0.05) is 25.4 Å². The van der Waals surface area contributed by atoms with Crippen molar-refractivity contribution in [1.82, 2.24) is 4.57 Å². The highest BCUT2D eigenvalue weighted by atomic mass is 16.5. The predicted octanol–water partition coefficient (Wildman–Crippen LogP) is 2.67. The fraction of sp³-hybridized carbons (Fsp3) is 0.286. The van der Waals surface area contributed by atoms with Crippen LogP contribution in [0.15, 0.2) is 42.7 Å². The molecule has 2 aromatic rings. The molecule has 16 heavy (non-hydrogen) atoms. The van der Waals surface area contributed by atoms with Gasteiger partial charge in [-0.15, -0.1) is 0 Å². The average Bonchev–Trinajstić information content (AvgIpc) is 2.97. The second kappa shape index (κ2) is 4.05. The van der Waals surface area contributed by atoms with Gasteiger partial charge < -0.3 is 9.30 Å². The average molecular weight is 213 g/mol. The minimum Gasteiger partial charge on any atom is -0.493 e. The number of benzene rings is 1. The van der Waals surface area contributed by atoms with E-state index in [-0.39, 0.29) is 0 Å². The van der Waals surface area contributed by atoms with Crippen molar-refractivity contribution in [2.45, 2.75) is 19.4 Å². The van der Waals surface area contributed by atoms with Crippen molar-refractivity contribution in [3.05, 3.63) is 53.9 Å². The predicted molar refractivity (Wildman–Crippen MR) is 63.8 cm³/mol. The third-order valence-electron chi connectivity index (χ3n) is 3.08. The van der Waals surface area contributed by atoms with Gasteiger partial charge in [-0.1, -0.05) is 12.1 Å². The summed E-state index contributed by atoms with van der Waals surface area (Å²) in [5.74, 6) is 1.07. The summed E-state index contributed by atoms with van der Waals surface area (Å²) in [4.78, 5) is 0. The SMILES string of the molecule is c1ccn(CCc2ccc3c(c2)CCO3)c1. The Hall–Kier alpha value is -1.70. The molecule has 0 fully saturated rings. The minimum atomic E-state index is 0.844. The number of ether oxygens (including phenoxy) is 1. The van der Waals surface area contributed by atoms with Crippen molar-refractivity contribution >= 4 is 0 Å². The molecular formula is C14H15NO. The van der Waals surface area contributed by atoms with E-state index >= 15 is 0 Å². The minimum absolute atomic E-state index is 0.844. The Labute approximate surface area is 95.5 Å². The van der Waals surface area contributed by atoms with E-state index in [0.29, 0.717) is 0 Å². The molecule has 1 aromatic heterocycles. The Balaban J connectivity index is 1.71. The van der Waals surface area contributed by atoms with Gasteiger partial charge in [-0.25, -0.2) is 0 Å². The third-order valence-corrected chi connectivity index (χ3v) is 3.08. The summed E-state index contributed by atoms with van der Waals surface area (Å²) in [6.45, 7) is 1.89. The van der Waals surface area contributed by atoms with Crippen molar-refractivity contribution in [3.63, 3.8) is 0 Å². The third kappa shape index (κ3) is 1.83. The molecular weight excluding hydrogens is 198 g/mol. The molecule has 0 N–H and O–H groups in total. The first-order valence-electron chi connectivity index (χ1n) is 5.77. The molecule has 1 aliphatic rings. The van der Waals surface area contributed by atoms with Gasteiger partial charge in [0.2, 0.25) is 0 Å². The number of fused-ring (bicyclic) bond motifs is 1. The Morgan fingerprint density at radius 3 is 2.94 bits per heavy atom. The standard InChI is InChI=1S/C14H15NO/c1-2-8-15(7-1)9-5-12-3-4-14-13(11-12)6-10-16-14/h1-4,7-8,11H,5-6,9-10H2. The van der Waals surface area contributed by atoms with E-state index in [4.69, 9.17) is 4.74 Å². The smallest absolute Gasteiger partial charge is 0.122 e. The van der Waals surface area contributed by atoms with E-state index in [0.717, 1.165) is 31.7 Å². The van der Waals surface area contributed by atoms with Crippen molar-refractivity contribution < 1.29 is 4.74 Å². The number of aromatic nitrogens is 1. The molecule has 0 spiro atoms. The van der Waals surface area contributed by atoms with Gasteiger partial charge in [-0.05, 0) is 35.7 Å². The first-order valence-corrected chi connectivity index (χ1v) is 5.77. The number of aryl methyl sites for hydroxylation is 2. The number of nitrogens with zero attached hydrogens (tertiary/aromatic N) is 1. The van der Waals surface area contributed by atoms with Crippen LogP contribution in [-0.4, -0.2) is 11.2 Å². The molecule has 0 amide bonds. The fourth-order valence-corrected chi connectivity index (χ4v) is 2.17. The second-order valence-corrected chi connectivity index (χ2v) is 4.21. The zero-order chi connectivity index (χ0) is 10.8. The summed E-state index contributed by atoms with van der Waals surface area (Å²) in [6, 6.07) is 10.7. The zero-order valence-corrected chi connectivity index (χ0v) is 9.23. The van der Waals surface area contributed by atoms with E-state index in [2.05, 4.69) is 47.3 Å². The topological polar surface area (TPSA) is 14.2 Å². The Kier molecular flexibility index (Phi) is 2.41. The molecule has 1 aliphatic heterocycles. The van der Waals surface area contributed by atoms with Crippen molar-refractivity contribution in [1.29, 1.82) is 0 Å². The lowest BCUT2D eigenvalue weighted by Gasteiger charge is -2.05. The number of hydrogen-bond acceptors (Lipinski definition) is 1. The van der Waals surface area contributed by atoms with Crippen molar-refractivity contribution in [2.24, 2.45) is 0 Å². The molecule has 0 bridgehead atoms. The highest BCUT2D eigenvalue weighted by Crippen LogP contribution is 2.26. The summed E-state index contributed by atoms with van der Waals surface area (Å²) in [5, 5.41) is 0. The number of hydrogen-bond donors (Lipinski definition) is 0. The molecule has 0 radical (unpaired) electrons. The van der Waals surface area contributed by atoms with Crippen LogP contribution in [0.1, 0.15) is 11.1 Å². The van der Waals surface area contributed by atoms with Gasteiger partial charge in [0.1, 0.15) is 5.75 Å². The normalized spacial score (nSPS) is 13.5.